The lowest BCUT2D eigenvalue weighted by Crippen LogP contribution is -2.16. The van der Waals surface area contributed by atoms with Crippen LogP contribution in [0.1, 0.15) is 52.7 Å². The van der Waals surface area contributed by atoms with E-state index in [0.29, 0.717) is 5.69 Å². The number of nitrogens with zero attached hydrogens (tertiary/aromatic N) is 2. The molecule has 0 bridgehead atoms. The Morgan fingerprint density at radius 3 is 1.75 bits per heavy atom. The van der Waals surface area contributed by atoms with Gasteiger partial charge in [0.25, 0.3) is 0 Å². The molecule has 0 radical (unpaired) electrons. The minimum Gasteiger partial charge on any atom is -0.507 e. The Morgan fingerprint density at radius 2 is 1.45 bits per heavy atom. The van der Waals surface area contributed by atoms with Crippen LogP contribution in [-0.2, 0) is 10.8 Å². The summed E-state index contributed by atoms with van der Waals surface area (Å²) in [5.74, 6) is 0.267. The van der Waals surface area contributed by atoms with Crippen LogP contribution < -0.4 is 5.73 Å². The number of hydrogen-bond acceptors (Lipinski definition) is 3. The lowest BCUT2D eigenvalue weighted by Gasteiger charge is -2.27. The number of benzene rings is 1. The third kappa shape index (κ3) is 3.79. The molecule has 20 heavy (non-hydrogen) atoms. The van der Waals surface area contributed by atoms with Gasteiger partial charge in [-0.2, -0.15) is 0 Å². The second-order valence-electron chi connectivity index (χ2n) is 6.93. The predicted octanol–water partition coefficient (Wildman–Crippen LogP) is 4.15. The van der Waals surface area contributed by atoms with E-state index in [1.165, 1.54) is 0 Å². The molecule has 2 amide bonds. The second kappa shape index (κ2) is 5.23. The molecule has 0 saturated heterocycles. The number of nitrogens with two attached hydrogens (primary N) is 1. The maximum atomic E-state index is 10.7. The summed E-state index contributed by atoms with van der Waals surface area (Å²) in [6.07, 6.45) is 0. The van der Waals surface area contributed by atoms with Gasteiger partial charge in [-0.25, -0.2) is 4.79 Å². The van der Waals surface area contributed by atoms with E-state index < -0.39 is 6.03 Å². The Labute approximate surface area is 119 Å². The highest BCUT2D eigenvalue weighted by Gasteiger charge is 2.26. The zero-order valence-electron chi connectivity index (χ0n) is 13.0. The van der Waals surface area contributed by atoms with Gasteiger partial charge in [-0.15, -0.1) is 5.11 Å². The van der Waals surface area contributed by atoms with Crippen LogP contribution in [0.2, 0.25) is 0 Å². The number of phenols is 1. The molecule has 0 aliphatic heterocycles. The summed E-state index contributed by atoms with van der Waals surface area (Å²) in [6, 6.07) is 2.63. The van der Waals surface area contributed by atoms with E-state index in [9.17, 15) is 9.90 Å². The van der Waals surface area contributed by atoms with Gasteiger partial charge in [0.1, 0.15) is 5.75 Å². The van der Waals surface area contributed by atoms with E-state index >= 15 is 0 Å². The molecule has 5 heteroatoms. The summed E-state index contributed by atoms with van der Waals surface area (Å²) in [5, 5.41) is 17.7. The molecule has 5 nitrogen and oxygen atoms in total. The Morgan fingerprint density at radius 1 is 1.05 bits per heavy atom. The quantitative estimate of drug-likeness (QED) is 0.755. The van der Waals surface area contributed by atoms with Gasteiger partial charge in [0.15, 0.2) is 0 Å². The predicted molar refractivity (Wildman–Crippen MR) is 79.6 cm³/mol. The minimum atomic E-state index is -0.840. The first-order chi connectivity index (χ1) is 8.93. The van der Waals surface area contributed by atoms with Gasteiger partial charge in [0, 0.05) is 11.1 Å². The van der Waals surface area contributed by atoms with E-state index in [1.54, 1.807) is 12.1 Å². The minimum absolute atomic E-state index is 0.248. The average molecular weight is 277 g/mol. The number of carbonyl (C=O) groups excluding carboxylic acids is 1. The SMILES string of the molecule is CC(C)(C)c1cc(N=NC(N)=O)cc(C(C)(C)C)c1O. The van der Waals surface area contributed by atoms with Crippen LogP contribution in [-0.4, -0.2) is 11.1 Å². The first-order valence-corrected chi connectivity index (χ1v) is 6.52. The Hall–Kier alpha value is -1.91. The highest BCUT2D eigenvalue weighted by Crippen LogP contribution is 2.41. The van der Waals surface area contributed by atoms with Crippen molar-refractivity contribution in [1.29, 1.82) is 0 Å². The van der Waals surface area contributed by atoms with Crippen LogP contribution in [0.5, 0.6) is 5.75 Å². The number of primary amides is 1. The fraction of sp³-hybridized carbons (Fsp3) is 0.533. The molecule has 0 saturated carbocycles. The Balaban J connectivity index is 3.54. The van der Waals surface area contributed by atoms with Gasteiger partial charge >= 0.3 is 6.03 Å². The number of amides is 2. The summed E-state index contributed by atoms with van der Waals surface area (Å²) in [4.78, 5) is 10.7. The van der Waals surface area contributed by atoms with Crippen molar-refractivity contribution >= 4 is 11.7 Å². The van der Waals surface area contributed by atoms with Crippen LogP contribution in [0, 0.1) is 0 Å². The topological polar surface area (TPSA) is 88.0 Å². The van der Waals surface area contributed by atoms with Crippen molar-refractivity contribution in [3.8, 4) is 5.75 Å². The molecule has 0 aliphatic rings. The molecule has 110 valence electrons. The normalized spacial score (nSPS) is 12.9. The van der Waals surface area contributed by atoms with Crippen molar-refractivity contribution in [1.82, 2.24) is 0 Å². The molecule has 0 fully saturated rings. The summed E-state index contributed by atoms with van der Waals surface area (Å²) in [5.41, 5.74) is 6.52. The molecule has 3 N–H and O–H groups in total. The molecular formula is C15H23N3O2. The van der Waals surface area contributed by atoms with Gasteiger partial charge in [0.05, 0.1) is 5.69 Å². The van der Waals surface area contributed by atoms with Gasteiger partial charge in [-0.1, -0.05) is 46.7 Å². The summed E-state index contributed by atoms with van der Waals surface area (Å²) < 4.78 is 0. The lowest BCUT2D eigenvalue weighted by atomic mass is 9.79. The zero-order chi connectivity index (χ0) is 15.7. The first kappa shape index (κ1) is 16.1. The Kier molecular flexibility index (Phi) is 4.22. The van der Waals surface area contributed by atoms with Gasteiger partial charge in [-0.3, -0.25) is 0 Å². The lowest BCUT2D eigenvalue weighted by molar-refractivity contribution is 0.255. The van der Waals surface area contributed by atoms with Crippen molar-refractivity contribution in [3.05, 3.63) is 23.3 Å². The van der Waals surface area contributed by atoms with E-state index in [0.717, 1.165) is 11.1 Å². The summed E-state index contributed by atoms with van der Waals surface area (Å²) in [6.45, 7) is 12.0. The highest BCUT2D eigenvalue weighted by molar-refractivity contribution is 5.72. The van der Waals surface area contributed by atoms with Gasteiger partial charge in [0.2, 0.25) is 0 Å². The van der Waals surface area contributed by atoms with E-state index in [1.807, 2.05) is 41.5 Å². The number of aromatic hydroxyl groups is 1. The third-order valence-electron chi connectivity index (χ3n) is 2.97. The van der Waals surface area contributed by atoms with Crippen LogP contribution in [0.3, 0.4) is 0 Å². The van der Waals surface area contributed by atoms with Crippen LogP contribution in [0.25, 0.3) is 0 Å². The van der Waals surface area contributed by atoms with E-state index in [-0.39, 0.29) is 16.6 Å². The van der Waals surface area contributed by atoms with E-state index in [4.69, 9.17) is 5.73 Å². The number of urea groups is 1. The number of carbonyl (C=O) groups is 1. The largest absolute Gasteiger partial charge is 0.507 e. The molecular weight excluding hydrogens is 254 g/mol. The fourth-order valence-corrected chi connectivity index (χ4v) is 1.93. The molecule has 0 spiro atoms. The summed E-state index contributed by atoms with van der Waals surface area (Å²) in [7, 11) is 0. The van der Waals surface area contributed by atoms with Crippen molar-refractivity contribution in [2.24, 2.45) is 16.0 Å². The van der Waals surface area contributed by atoms with Crippen LogP contribution in [0.4, 0.5) is 10.5 Å². The molecule has 1 rings (SSSR count). The standard InChI is InChI=1S/C15H23N3O2/c1-14(2,3)10-7-9(17-18-13(16)20)8-11(12(10)19)15(4,5)6/h7-8,19H,1-6H3,(H2,16,20). The van der Waals surface area contributed by atoms with Crippen molar-refractivity contribution < 1.29 is 9.90 Å². The van der Waals surface area contributed by atoms with Crippen molar-refractivity contribution in [2.75, 3.05) is 0 Å². The number of hydrogen-bond donors (Lipinski definition) is 2. The van der Waals surface area contributed by atoms with Crippen molar-refractivity contribution in [2.45, 2.75) is 52.4 Å². The maximum absolute atomic E-state index is 10.7. The zero-order valence-corrected chi connectivity index (χ0v) is 13.0. The molecule has 1 aromatic carbocycles. The van der Waals surface area contributed by atoms with Gasteiger partial charge in [-0.05, 0) is 23.0 Å². The smallest absolute Gasteiger partial charge is 0.356 e. The number of phenolic OH excluding ortho intramolecular Hbond substituents is 1. The fourth-order valence-electron chi connectivity index (χ4n) is 1.93. The van der Waals surface area contributed by atoms with Gasteiger partial charge < -0.3 is 10.8 Å². The van der Waals surface area contributed by atoms with Crippen LogP contribution >= 0.6 is 0 Å². The van der Waals surface area contributed by atoms with Crippen LogP contribution in [0.15, 0.2) is 22.4 Å². The number of azo groups is 1. The second-order valence-corrected chi connectivity index (χ2v) is 6.93. The monoisotopic (exact) mass is 277 g/mol. The number of rotatable bonds is 1. The third-order valence-corrected chi connectivity index (χ3v) is 2.97. The average Bonchev–Trinajstić information content (AvgIpc) is 2.24. The first-order valence-electron chi connectivity index (χ1n) is 6.52. The molecule has 1 aromatic rings. The molecule has 0 aromatic heterocycles. The molecule has 0 aliphatic carbocycles. The molecule has 0 atom stereocenters. The highest BCUT2D eigenvalue weighted by atomic mass is 16.3. The Bertz CT molecular complexity index is 514. The van der Waals surface area contributed by atoms with Crippen molar-refractivity contribution in [3.63, 3.8) is 0 Å². The summed E-state index contributed by atoms with van der Waals surface area (Å²) >= 11 is 0. The molecule has 0 heterocycles. The maximum Gasteiger partial charge on any atom is 0.356 e. The molecule has 0 unspecified atom stereocenters. The van der Waals surface area contributed by atoms with E-state index in [2.05, 4.69) is 10.2 Å².